The van der Waals surface area contributed by atoms with Crippen molar-refractivity contribution in [2.24, 2.45) is 0 Å². The molecule has 0 spiro atoms. The van der Waals surface area contributed by atoms with Gasteiger partial charge in [-0.15, -0.1) is 5.10 Å². The van der Waals surface area contributed by atoms with Crippen LogP contribution in [-0.2, 0) is 0 Å². The van der Waals surface area contributed by atoms with Gasteiger partial charge in [0.1, 0.15) is 10.3 Å². The molecular weight excluding hydrogens is 512 g/mol. The van der Waals surface area contributed by atoms with E-state index < -0.39 is 12.0 Å². The van der Waals surface area contributed by atoms with Crippen molar-refractivity contribution >= 4 is 56.7 Å². The van der Waals surface area contributed by atoms with Crippen LogP contribution >= 0.6 is 27.5 Å². The van der Waals surface area contributed by atoms with E-state index in [0.29, 0.717) is 28.1 Å². The molecule has 11 heteroatoms. The first kappa shape index (κ1) is 22.9. The summed E-state index contributed by atoms with van der Waals surface area (Å²) in [6.07, 6.45) is -0.649. The van der Waals surface area contributed by atoms with Crippen LogP contribution in [0.3, 0.4) is 0 Å². The van der Waals surface area contributed by atoms with Crippen LogP contribution in [0.15, 0.2) is 53.0 Å². The first-order chi connectivity index (χ1) is 15.8. The van der Waals surface area contributed by atoms with Gasteiger partial charge in [-0.05, 0) is 40.2 Å². The van der Waals surface area contributed by atoms with Gasteiger partial charge in [-0.1, -0.05) is 35.9 Å². The quantitative estimate of drug-likeness (QED) is 0.466. The molecule has 2 amide bonds. The highest BCUT2D eigenvalue weighted by Gasteiger charge is 2.25. The van der Waals surface area contributed by atoms with Crippen LogP contribution in [0.1, 0.15) is 10.4 Å². The number of halogens is 2. The predicted molar refractivity (Wildman–Crippen MR) is 132 cm³/mol. The molecule has 0 atom stereocenters. The second-order valence-electron chi connectivity index (χ2n) is 7.63. The number of amides is 2. The van der Waals surface area contributed by atoms with Crippen molar-refractivity contribution in [2.45, 2.75) is 6.04 Å². The Kier molecular flexibility index (Phi) is 6.75. The third kappa shape index (κ3) is 5.07. The summed E-state index contributed by atoms with van der Waals surface area (Å²) < 4.78 is 5.68. The molecule has 1 aliphatic rings. The van der Waals surface area contributed by atoms with E-state index in [2.05, 4.69) is 46.6 Å². The molecule has 1 aromatic heterocycles. The number of aromatic amines is 1. The van der Waals surface area contributed by atoms with Crippen LogP contribution < -0.4 is 25.2 Å². The lowest BCUT2D eigenvalue weighted by atomic mass is 10.2. The number of H-pyrrole nitrogens is 1. The lowest BCUT2D eigenvalue weighted by molar-refractivity contribution is 0.102. The van der Waals surface area contributed by atoms with E-state index in [-0.39, 0.29) is 17.7 Å². The average molecular weight is 534 g/mol. The predicted octanol–water partition coefficient (Wildman–Crippen LogP) is 4.12. The molecule has 3 N–H and O–H groups in total. The smallest absolute Gasteiger partial charge is 0.388 e. The topological polar surface area (TPSA) is 103 Å². The Bertz CT molecular complexity index is 1160. The summed E-state index contributed by atoms with van der Waals surface area (Å²) in [5.41, 5.74) is 2.49. The summed E-state index contributed by atoms with van der Waals surface area (Å²) in [7, 11) is 3.96. The number of hydrogen-bond acceptors (Lipinski definition) is 6. The van der Waals surface area contributed by atoms with E-state index >= 15 is 0 Å². The van der Waals surface area contributed by atoms with Crippen molar-refractivity contribution in [3.05, 3.63) is 63.6 Å². The van der Waals surface area contributed by atoms with Gasteiger partial charge < -0.3 is 25.2 Å². The SMILES string of the molecule is CN1CC(NC(=O)Oc2n[nH]c(NC(=O)c3ccccc3Cl)c2Br)CN(C)c2ccccc21. The molecule has 0 unspecified atom stereocenters. The Morgan fingerprint density at radius 1 is 1.09 bits per heavy atom. The summed E-state index contributed by atoms with van der Waals surface area (Å²) in [6.45, 7) is 1.22. The highest BCUT2D eigenvalue weighted by atomic mass is 79.9. The van der Waals surface area contributed by atoms with Gasteiger partial charge in [-0.2, -0.15) is 0 Å². The van der Waals surface area contributed by atoms with Crippen LogP contribution in [0.25, 0.3) is 0 Å². The van der Waals surface area contributed by atoms with Crippen molar-refractivity contribution < 1.29 is 14.3 Å². The first-order valence-corrected chi connectivity index (χ1v) is 11.3. The fraction of sp³-hybridized carbons (Fsp3) is 0.227. The van der Waals surface area contributed by atoms with Crippen molar-refractivity contribution in [3.8, 4) is 5.88 Å². The number of benzene rings is 2. The molecule has 0 bridgehead atoms. The Morgan fingerprint density at radius 3 is 2.33 bits per heavy atom. The molecule has 1 aliphatic heterocycles. The van der Waals surface area contributed by atoms with E-state index in [9.17, 15) is 9.59 Å². The zero-order valence-corrected chi connectivity index (χ0v) is 20.3. The molecular formula is C22H22BrClN6O3. The van der Waals surface area contributed by atoms with Crippen molar-refractivity contribution in [1.29, 1.82) is 0 Å². The van der Waals surface area contributed by atoms with Gasteiger partial charge in [-0.3, -0.25) is 9.89 Å². The van der Waals surface area contributed by atoms with Crippen molar-refractivity contribution in [3.63, 3.8) is 0 Å². The van der Waals surface area contributed by atoms with Crippen molar-refractivity contribution in [1.82, 2.24) is 15.5 Å². The van der Waals surface area contributed by atoms with Gasteiger partial charge in [0.05, 0.1) is 28.0 Å². The van der Waals surface area contributed by atoms with Crippen LogP contribution in [0, 0.1) is 0 Å². The Balaban J connectivity index is 1.39. The van der Waals surface area contributed by atoms with Gasteiger partial charge in [0.25, 0.3) is 11.8 Å². The molecule has 0 fully saturated rings. The van der Waals surface area contributed by atoms with E-state index in [4.69, 9.17) is 16.3 Å². The third-order valence-electron chi connectivity index (χ3n) is 5.24. The molecule has 3 aromatic rings. The number of aromatic nitrogens is 2. The fourth-order valence-corrected chi connectivity index (χ4v) is 4.27. The number of para-hydroxylation sites is 2. The molecule has 0 saturated heterocycles. The third-order valence-corrected chi connectivity index (χ3v) is 6.30. The second kappa shape index (κ2) is 9.72. The second-order valence-corrected chi connectivity index (χ2v) is 8.83. The van der Waals surface area contributed by atoms with Crippen LogP contribution in [0.5, 0.6) is 5.88 Å². The van der Waals surface area contributed by atoms with Crippen LogP contribution in [0.2, 0.25) is 5.02 Å². The molecule has 0 saturated carbocycles. The van der Waals surface area contributed by atoms with Gasteiger partial charge in [0.15, 0.2) is 0 Å². The summed E-state index contributed by atoms with van der Waals surface area (Å²) in [5, 5.41) is 12.5. The minimum Gasteiger partial charge on any atom is -0.388 e. The lowest BCUT2D eigenvalue weighted by Crippen LogP contribution is -2.47. The standard InChI is InChI=1S/C22H22BrClN6O3/c1-29-11-13(12-30(2)17-10-6-5-9-16(17)29)25-22(32)33-21-18(23)19(27-28-21)26-20(31)14-7-3-4-8-15(14)24/h3-10,13H,11-12H2,1-2H3,(H,25,32)(H2,26,27,28,31). The maximum atomic E-state index is 12.6. The maximum Gasteiger partial charge on any atom is 0.414 e. The molecule has 2 aromatic carbocycles. The highest BCUT2D eigenvalue weighted by Crippen LogP contribution is 2.32. The van der Waals surface area contributed by atoms with Crippen LogP contribution in [0.4, 0.5) is 22.0 Å². The Morgan fingerprint density at radius 2 is 1.70 bits per heavy atom. The normalized spacial score (nSPS) is 13.8. The number of carbonyl (C=O) groups excluding carboxylic acids is 2. The van der Waals surface area contributed by atoms with E-state index in [0.717, 1.165) is 11.4 Å². The molecule has 4 rings (SSSR count). The lowest BCUT2D eigenvalue weighted by Gasteiger charge is -2.23. The molecule has 0 radical (unpaired) electrons. The number of likely N-dealkylation sites (N-methyl/N-ethyl adjacent to an activating group) is 2. The monoisotopic (exact) mass is 532 g/mol. The molecule has 9 nitrogen and oxygen atoms in total. The largest absolute Gasteiger partial charge is 0.414 e. The summed E-state index contributed by atoms with van der Waals surface area (Å²) >= 11 is 9.38. The zero-order valence-electron chi connectivity index (χ0n) is 17.9. The van der Waals surface area contributed by atoms with Gasteiger partial charge in [-0.25, -0.2) is 4.79 Å². The fourth-order valence-electron chi connectivity index (χ4n) is 3.69. The number of rotatable bonds is 4. The number of ether oxygens (including phenoxy) is 1. The zero-order chi connectivity index (χ0) is 23.5. The molecule has 2 heterocycles. The van der Waals surface area contributed by atoms with Crippen LogP contribution in [-0.4, -0.2) is 55.4 Å². The number of nitrogens with one attached hydrogen (secondary N) is 3. The van der Waals surface area contributed by atoms with Gasteiger partial charge >= 0.3 is 6.09 Å². The number of anilines is 3. The molecule has 0 aliphatic carbocycles. The number of fused-ring (bicyclic) bond motifs is 1. The average Bonchev–Trinajstić information content (AvgIpc) is 3.06. The number of carbonyl (C=O) groups is 2. The minimum absolute atomic E-state index is 0.000533. The van der Waals surface area contributed by atoms with Crippen molar-refractivity contribution in [2.75, 3.05) is 42.3 Å². The molecule has 33 heavy (non-hydrogen) atoms. The highest BCUT2D eigenvalue weighted by molar-refractivity contribution is 9.10. The van der Waals surface area contributed by atoms with E-state index in [1.165, 1.54) is 0 Å². The minimum atomic E-state index is -0.649. The number of hydrogen-bond donors (Lipinski definition) is 3. The van der Waals surface area contributed by atoms with E-state index in [1.54, 1.807) is 24.3 Å². The van der Waals surface area contributed by atoms with Gasteiger partial charge in [0.2, 0.25) is 0 Å². The van der Waals surface area contributed by atoms with Gasteiger partial charge in [0, 0.05) is 27.2 Å². The maximum absolute atomic E-state index is 12.6. The summed E-state index contributed by atoms with van der Waals surface area (Å²) in [4.78, 5) is 29.2. The number of nitrogens with zero attached hydrogens (tertiary/aromatic N) is 3. The van der Waals surface area contributed by atoms with E-state index in [1.807, 2.05) is 38.4 Å². The first-order valence-electron chi connectivity index (χ1n) is 10.1. The Labute approximate surface area is 204 Å². The summed E-state index contributed by atoms with van der Waals surface area (Å²) in [5.74, 6) is -0.183. The Hall–Kier alpha value is -3.24. The summed E-state index contributed by atoms with van der Waals surface area (Å²) in [6, 6.07) is 14.6. The molecule has 172 valence electrons.